The second kappa shape index (κ2) is 6.62. The lowest BCUT2D eigenvalue weighted by Gasteiger charge is -2.23. The molecule has 0 bridgehead atoms. The topological polar surface area (TPSA) is 79.4 Å². The summed E-state index contributed by atoms with van der Waals surface area (Å²) in [6.45, 7) is 0. The third-order valence-corrected chi connectivity index (χ3v) is 6.73. The number of aromatic nitrogens is 1. The van der Waals surface area contributed by atoms with E-state index in [1.807, 2.05) is 5.38 Å². The Morgan fingerprint density at radius 3 is 2.50 bits per heavy atom. The highest BCUT2D eigenvalue weighted by Crippen LogP contribution is 2.30. The lowest BCUT2D eigenvalue weighted by molar-refractivity contribution is -0.122. The van der Waals surface area contributed by atoms with Gasteiger partial charge in [-0.2, -0.15) is 0 Å². The van der Waals surface area contributed by atoms with Crippen LogP contribution in [-0.2, 0) is 14.8 Å². The van der Waals surface area contributed by atoms with Gasteiger partial charge in [0.2, 0.25) is 15.9 Å². The minimum atomic E-state index is -3.43. The normalized spacial score (nSPS) is 15.3. The zero-order valence-corrected chi connectivity index (χ0v) is 15.2. The Kier molecular flexibility index (Phi) is 4.71. The standard InChI is InChI=1S/C16H19N3O3S2.H2/c1-19(2)24(21,22)13-8-6-11(7-9-13)14-10-23-16(17-14)18-15(20)12-4-3-5-12;/h6-10,12H,3-5H2,1-2H3,(H,17,18,20);1H. The van der Waals surface area contributed by atoms with Crippen LogP contribution in [0.4, 0.5) is 5.13 Å². The smallest absolute Gasteiger partial charge is 0.242 e. The third-order valence-electron chi connectivity index (χ3n) is 4.14. The Bertz CT molecular complexity index is 844. The summed E-state index contributed by atoms with van der Waals surface area (Å²) in [7, 11) is -0.433. The summed E-state index contributed by atoms with van der Waals surface area (Å²) in [5.74, 6) is 0.155. The Balaban J connectivity index is 0.00000225. The summed E-state index contributed by atoms with van der Waals surface area (Å²) in [6, 6.07) is 6.58. The molecule has 1 saturated carbocycles. The van der Waals surface area contributed by atoms with E-state index in [9.17, 15) is 13.2 Å². The molecular weight excluding hydrogens is 346 g/mol. The molecular formula is C16H21N3O3S2. The Labute approximate surface area is 147 Å². The van der Waals surface area contributed by atoms with E-state index >= 15 is 0 Å². The number of carbonyl (C=O) groups excluding carboxylic acids is 1. The van der Waals surface area contributed by atoms with Crippen molar-refractivity contribution in [3.05, 3.63) is 29.6 Å². The number of rotatable bonds is 5. The molecule has 1 N–H and O–H groups in total. The summed E-state index contributed by atoms with van der Waals surface area (Å²) >= 11 is 1.37. The SMILES string of the molecule is CN(C)S(=O)(=O)c1ccc(-c2csc(NC(=O)C3CCC3)n2)cc1.[HH]. The van der Waals surface area contributed by atoms with Crippen molar-refractivity contribution < 1.29 is 14.6 Å². The Morgan fingerprint density at radius 2 is 1.96 bits per heavy atom. The van der Waals surface area contributed by atoms with Gasteiger partial charge in [-0.3, -0.25) is 4.79 Å². The molecule has 1 fully saturated rings. The van der Waals surface area contributed by atoms with Gasteiger partial charge in [-0.25, -0.2) is 17.7 Å². The molecule has 1 aromatic carbocycles. The monoisotopic (exact) mass is 367 g/mol. The number of sulfonamides is 1. The van der Waals surface area contributed by atoms with Crippen molar-refractivity contribution in [2.24, 2.45) is 5.92 Å². The fourth-order valence-corrected chi connectivity index (χ4v) is 3.97. The minimum Gasteiger partial charge on any atom is -0.302 e. The van der Waals surface area contributed by atoms with Crippen LogP contribution >= 0.6 is 11.3 Å². The fourth-order valence-electron chi connectivity index (χ4n) is 2.35. The van der Waals surface area contributed by atoms with Gasteiger partial charge in [0.05, 0.1) is 10.6 Å². The number of nitrogens with zero attached hydrogens (tertiary/aromatic N) is 2. The van der Waals surface area contributed by atoms with Crippen LogP contribution in [0.15, 0.2) is 34.5 Å². The molecule has 24 heavy (non-hydrogen) atoms. The maximum atomic E-state index is 12.1. The van der Waals surface area contributed by atoms with E-state index in [4.69, 9.17) is 0 Å². The van der Waals surface area contributed by atoms with Crippen molar-refractivity contribution in [1.82, 2.24) is 9.29 Å². The van der Waals surface area contributed by atoms with Crippen molar-refractivity contribution in [3.63, 3.8) is 0 Å². The van der Waals surface area contributed by atoms with E-state index in [0.29, 0.717) is 5.13 Å². The second-order valence-electron chi connectivity index (χ2n) is 5.97. The van der Waals surface area contributed by atoms with Gasteiger partial charge >= 0.3 is 0 Å². The number of nitrogens with one attached hydrogen (secondary N) is 1. The number of hydrogen-bond acceptors (Lipinski definition) is 5. The van der Waals surface area contributed by atoms with Crippen LogP contribution < -0.4 is 5.32 Å². The molecule has 0 atom stereocenters. The van der Waals surface area contributed by atoms with Crippen molar-refractivity contribution in [2.45, 2.75) is 24.2 Å². The van der Waals surface area contributed by atoms with Crippen LogP contribution in [0.2, 0.25) is 0 Å². The molecule has 0 spiro atoms. The van der Waals surface area contributed by atoms with Crippen molar-refractivity contribution in [2.75, 3.05) is 19.4 Å². The van der Waals surface area contributed by atoms with Crippen LogP contribution in [-0.4, -0.2) is 37.7 Å². The predicted molar refractivity (Wildman–Crippen MR) is 96.5 cm³/mol. The van der Waals surface area contributed by atoms with E-state index < -0.39 is 10.0 Å². The van der Waals surface area contributed by atoms with Gasteiger partial charge in [0.25, 0.3) is 0 Å². The highest BCUT2D eigenvalue weighted by Gasteiger charge is 2.25. The Hall–Kier alpha value is -1.77. The van der Waals surface area contributed by atoms with Gasteiger partial charge in [0.15, 0.2) is 5.13 Å². The van der Waals surface area contributed by atoms with Crippen LogP contribution in [0.5, 0.6) is 0 Å². The average molecular weight is 367 g/mol. The van der Waals surface area contributed by atoms with Gasteiger partial charge in [-0.05, 0) is 25.0 Å². The van der Waals surface area contributed by atoms with Crippen molar-refractivity contribution in [3.8, 4) is 11.3 Å². The quantitative estimate of drug-likeness (QED) is 0.881. The van der Waals surface area contributed by atoms with E-state index in [1.54, 1.807) is 24.3 Å². The minimum absolute atomic E-state index is 0. The first-order valence-corrected chi connectivity index (χ1v) is 9.99. The molecule has 1 heterocycles. The van der Waals surface area contributed by atoms with Gasteiger partial charge in [0.1, 0.15) is 0 Å². The summed E-state index contributed by atoms with van der Waals surface area (Å²) in [5, 5.41) is 5.28. The highest BCUT2D eigenvalue weighted by molar-refractivity contribution is 7.89. The lowest BCUT2D eigenvalue weighted by Crippen LogP contribution is -2.27. The fraction of sp³-hybridized carbons (Fsp3) is 0.375. The summed E-state index contributed by atoms with van der Waals surface area (Å²) in [4.78, 5) is 16.6. The second-order valence-corrected chi connectivity index (χ2v) is 8.98. The molecule has 2 aromatic rings. The molecule has 0 saturated heterocycles. The molecule has 6 nitrogen and oxygen atoms in total. The number of carbonyl (C=O) groups is 1. The number of benzene rings is 1. The van der Waals surface area contributed by atoms with Crippen molar-refractivity contribution in [1.29, 1.82) is 0 Å². The molecule has 0 radical (unpaired) electrons. The van der Waals surface area contributed by atoms with Gasteiger partial charge < -0.3 is 5.32 Å². The molecule has 1 aliphatic rings. The van der Waals surface area contributed by atoms with Crippen LogP contribution in [0.1, 0.15) is 20.7 Å². The molecule has 0 aliphatic heterocycles. The molecule has 1 aliphatic carbocycles. The number of amides is 1. The van der Waals surface area contributed by atoms with Gasteiger partial charge in [-0.1, -0.05) is 18.6 Å². The summed E-state index contributed by atoms with van der Waals surface area (Å²) < 4.78 is 25.3. The zero-order chi connectivity index (χ0) is 17.3. The van der Waals surface area contributed by atoms with Crippen LogP contribution in [0, 0.1) is 5.92 Å². The molecule has 0 unspecified atom stereocenters. The average Bonchev–Trinajstić information content (AvgIpc) is 2.93. The van der Waals surface area contributed by atoms with E-state index in [-0.39, 0.29) is 18.1 Å². The highest BCUT2D eigenvalue weighted by atomic mass is 32.2. The number of hydrogen-bond donors (Lipinski definition) is 1. The van der Waals surface area contributed by atoms with Gasteiger partial charge in [-0.15, -0.1) is 11.3 Å². The van der Waals surface area contributed by atoms with E-state index in [2.05, 4.69) is 10.3 Å². The van der Waals surface area contributed by atoms with Crippen LogP contribution in [0.25, 0.3) is 11.3 Å². The summed E-state index contributed by atoms with van der Waals surface area (Å²) in [6.07, 6.45) is 3.02. The molecule has 8 heteroatoms. The Morgan fingerprint density at radius 1 is 1.29 bits per heavy atom. The van der Waals surface area contributed by atoms with Gasteiger partial charge in [0, 0.05) is 32.4 Å². The number of thiazole rings is 1. The maximum absolute atomic E-state index is 12.1. The molecule has 1 amide bonds. The number of anilines is 1. The lowest BCUT2D eigenvalue weighted by atomic mass is 9.85. The molecule has 130 valence electrons. The maximum Gasteiger partial charge on any atom is 0.242 e. The molecule has 1 aromatic heterocycles. The first kappa shape index (κ1) is 17.1. The zero-order valence-electron chi connectivity index (χ0n) is 13.5. The van der Waals surface area contributed by atoms with E-state index in [0.717, 1.165) is 30.5 Å². The first-order chi connectivity index (χ1) is 11.4. The third kappa shape index (κ3) is 3.35. The molecule has 3 rings (SSSR count). The van der Waals surface area contributed by atoms with E-state index in [1.165, 1.54) is 29.7 Å². The van der Waals surface area contributed by atoms with Crippen LogP contribution in [0.3, 0.4) is 0 Å². The summed E-state index contributed by atoms with van der Waals surface area (Å²) in [5.41, 5.74) is 1.53. The largest absolute Gasteiger partial charge is 0.302 e. The predicted octanol–water partition coefficient (Wildman–Crippen LogP) is 3.05. The first-order valence-electron chi connectivity index (χ1n) is 7.67. The van der Waals surface area contributed by atoms with Crippen molar-refractivity contribution >= 4 is 32.4 Å².